The number of carbonyl (C=O) groups is 1. The summed E-state index contributed by atoms with van der Waals surface area (Å²) in [5.41, 5.74) is 8.93. The first-order valence-corrected chi connectivity index (χ1v) is 7.90. The molecule has 0 saturated heterocycles. The van der Waals surface area contributed by atoms with Crippen LogP contribution in [0.4, 0.5) is 5.69 Å². The van der Waals surface area contributed by atoms with Gasteiger partial charge in [0, 0.05) is 30.2 Å². The molecule has 0 spiro atoms. The molecule has 2 heterocycles. The number of benzene rings is 1. The van der Waals surface area contributed by atoms with Gasteiger partial charge in [-0.15, -0.1) is 0 Å². The molecular formula is C18H20N4O2. The van der Waals surface area contributed by atoms with Crippen LogP contribution in [0.1, 0.15) is 13.3 Å². The molecule has 0 saturated carbocycles. The Morgan fingerprint density at radius 2 is 2.21 bits per heavy atom. The van der Waals surface area contributed by atoms with E-state index in [1.165, 1.54) is 0 Å². The molecule has 1 amide bonds. The summed E-state index contributed by atoms with van der Waals surface area (Å²) in [5.74, 6) is 0.431. The monoisotopic (exact) mass is 324 g/mol. The van der Waals surface area contributed by atoms with E-state index in [1.807, 2.05) is 54.0 Å². The van der Waals surface area contributed by atoms with Gasteiger partial charge in [0.15, 0.2) is 18.0 Å². The number of hydrogen-bond acceptors (Lipinski definition) is 4. The number of aromatic nitrogens is 2. The molecule has 0 fully saturated rings. The predicted octanol–water partition coefficient (Wildman–Crippen LogP) is 2.49. The van der Waals surface area contributed by atoms with Crippen LogP contribution in [0.3, 0.4) is 0 Å². The first kappa shape index (κ1) is 15.9. The van der Waals surface area contributed by atoms with Crippen LogP contribution in [-0.4, -0.2) is 28.4 Å². The van der Waals surface area contributed by atoms with Crippen LogP contribution in [0.2, 0.25) is 0 Å². The van der Waals surface area contributed by atoms with Crippen molar-refractivity contribution >= 4 is 17.2 Å². The minimum absolute atomic E-state index is 0.0276. The Balaban J connectivity index is 1.84. The topological polar surface area (TPSA) is 81.6 Å². The third kappa shape index (κ3) is 3.48. The number of amides is 1. The van der Waals surface area contributed by atoms with E-state index in [9.17, 15) is 4.79 Å². The minimum atomic E-state index is -0.138. The number of nitrogens with zero attached hydrogens (tertiary/aromatic N) is 2. The normalized spacial score (nSPS) is 10.7. The van der Waals surface area contributed by atoms with E-state index < -0.39 is 0 Å². The zero-order chi connectivity index (χ0) is 16.9. The van der Waals surface area contributed by atoms with Gasteiger partial charge < -0.3 is 20.2 Å². The molecule has 24 heavy (non-hydrogen) atoms. The summed E-state index contributed by atoms with van der Waals surface area (Å²) in [6.07, 6.45) is 4.70. The number of ether oxygens (including phenoxy) is 1. The van der Waals surface area contributed by atoms with Crippen molar-refractivity contribution in [3.05, 3.63) is 48.8 Å². The number of pyridine rings is 1. The van der Waals surface area contributed by atoms with Crippen molar-refractivity contribution in [2.45, 2.75) is 13.3 Å². The van der Waals surface area contributed by atoms with Gasteiger partial charge in [-0.3, -0.25) is 4.79 Å². The second kappa shape index (κ2) is 7.04. The van der Waals surface area contributed by atoms with Crippen LogP contribution in [0, 0.1) is 0 Å². The Bertz CT molecular complexity index is 857. The quantitative estimate of drug-likeness (QED) is 0.683. The molecule has 6 nitrogen and oxygen atoms in total. The van der Waals surface area contributed by atoms with Crippen molar-refractivity contribution in [1.82, 2.24) is 14.7 Å². The van der Waals surface area contributed by atoms with Crippen LogP contribution in [0.5, 0.6) is 5.75 Å². The van der Waals surface area contributed by atoms with Gasteiger partial charge in [-0.05, 0) is 30.7 Å². The van der Waals surface area contributed by atoms with Crippen LogP contribution in [0.15, 0.2) is 48.8 Å². The number of nitrogen functional groups attached to an aromatic ring is 1. The maximum Gasteiger partial charge on any atom is 0.257 e. The van der Waals surface area contributed by atoms with Gasteiger partial charge in [-0.25, -0.2) is 4.98 Å². The van der Waals surface area contributed by atoms with Crippen LogP contribution >= 0.6 is 0 Å². The van der Waals surface area contributed by atoms with E-state index in [2.05, 4.69) is 10.3 Å². The first-order valence-electron chi connectivity index (χ1n) is 7.90. The fraction of sp³-hybridized carbons (Fsp3) is 0.222. The molecule has 0 unspecified atom stereocenters. The Kier molecular flexibility index (Phi) is 4.65. The lowest BCUT2D eigenvalue weighted by atomic mass is 10.1. The highest BCUT2D eigenvalue weighted by atomic mass is 16.5. The minimum Gasteiger partial charge on any atom is -0.480 e. The third-order valence-electron chi connectivity index (χ3n) is 3.56. The number of nitrogens with one attached hydrogen (secondary N) is 1. The number of rotatable bonds is 6. The second-order valence-corrected chi connectivity index (χ2v) is 5.49. The van der Waals surface area contributed by atoms with Gasteiger partial charge in [0.05, 0.1) is 5.69 Å². The van der Waals surface area contributed by atoms with Gasteiger partial charge >= 0.3 is 0 Å². The van der Waals surface area contributed by atoms with Crippen molar-refractivity contribution in [2.75, 3.05) is 18.9 Å². The summed E-state index contributed by atoms with van der Waals surface area (Å²) in [6, 6.07) is 11.2. The molecule has 3 N–H and O–H groups in total. The van der Waals surface area contributed by atoms with Crippen LogP contribution in [-0.2, 0) is 4.79 Å². The number of hydrogen-bond donors (Lipinski definition) is 2. The van der Waals surface area contributed by atoms with Crippen molar-refractivity contribution in [2.24, 2.45) is 0 Å². The average molecular weight is 324 g/mol. The Labute approximate surface area is 140 Å². The summed E-state index contributed by atoms with van der Waals surface area (Å²) >= 11 is 0. The molecule has 3 rings (SSSR count). The van der Waals surface area contributed by atoms with Gasteiger partial charge in [-0.1, -0.05) is 19.1 Å². The molecule has 6 heteroatoms. The number of carbonyl (C=O) groups excluding carboxylic acids is 1. The van der Waals surface area contributed by atoms with E-state index in [0.29, 0.717) is 23.6 Å². The number of fused-ring (bicyclic) bond motifs is 1. The highest BCUT2D eigenvalue weighted by Gasteiger charge is 2.10. The zero-order valence-corrected chi connectivity index (χ0v) is 13.5. The average Bonchev–Trinajstić information content (AvgIpc) is 3.03. The van der Waals surface area contributed by atoms with E-state index in [0.717, 1.165) is 17.7 Å². The standard InChI is InChI=1S/C18H20N4O2/c1-2-8-20-17(23)12-24-16-7-4-9-22-11-15(21-18(16)22)13-5-3-6-14(19)10-13/h3-7,9-11H,2,8,12,19H2,1H3,(H,20,23). The molecule has 0 aliphatic carbocycles. The maximum atomic E-state index is 11.7. The number of imidazole rings is 1. The molecule has 0 aliphatic rings. The maximum absolute atomic E-state index is 11.7. The van der Waals surface area contributed by atoms with E-state index in [-0.39, 0.29) is 12.5 Å². The zero-order valence-electron chi connectivity index (χ0n) is 13.5. The summed E-state index contributed by atoms with van der Waals surface area (Å²) < 4.78 is 7.50. The van der Waals surface area contributed by atoms with E-state index in [1.54, 1.807) is 6.07 Å². The second-order valence-electron chi connectivity index (χ2n) is 5.49. The van der Waals surface area contributed by atoms with Gasteiger partial charge in [0.2, 0.25) is 0 Å². The third-order valence-corrected chi connectivity index (χ3v) is 3.56. The van der Waals surface area contributed by atoms with Crippen molar-refractivity contribution < 1.29 is 9.53 Å². The van der Waals surface area contributed by atoms with Crippen molar-refractivity contribution in [3.63, 3.8) is 0 Å². The molecular weight excluding hydrogens is 304 g/mol. The largest absolute Gasteiger partial charge is 0.480 e. The smallest absolute Gasteiger partial charge is 0.257 e. The van der Waals surface area contributed by atoms with Crippen LogP contribution in [0.25, 0.3) is 16.9 Å². The SMILES string of the molecule is CCCNC(=O)COc1cccn2cc(-c3cccc(N)c3)nc12. The van der Waals surface area contributed by atoms with E-state index >= 15 is 0 Å². The molecule has 3 aromatic rings. The summed E-state index contributed by atoms with van der Waals surface area (Å²) in [6.45, 7) is 2.62. The van der Waals surface area contributed by atoms with Gasteiger partial charge in [-0.2, -0.15) is 0 Å². The Morgan fingerprint density at radius 1 is 1.33 bits per heavy atom. The Morgan fingerprint density at radius 3 is 3.00 bits per heavy atom. The molecule has 124 valence electrons. The number of nitrogens with two attached hydrogens (primary N) is 1. The summed E-state index contributed by atoms with van der Waals surface area (Å²) in [4.78, 5) is 16.3. The van der Waals surface area contributed by atoms with Gasteiger partial charge in [0.1, 0.15) is 0 Å². The predicted molar refractivity (Wildman–Crippen MR) is 93.8 cm³/mol. The van der Waals surface area contributed by atoms with Crippen LogP contribution < -0.4 is 15.8 Å². The molecule has 0 atom stereocenters. The van der Waals surface area contributed by atoms with Gasteiger partial charge in [0.25, 0.3) is 5.91 Å². The fourth-order valence-electron chi connectivity index (χ4n) is 2.40. The first-order chi connectivity index (χ1) is 11.7. The highest BCUT2D eigenvalue weighted by molar-refractivity contribution is 5.78. The highest BCUT2D eigenvalue weighted by Crippen LogP contribution is 2.25. The fourth-order valence-corrected chi connectivity index (χ4v) is 2.40. The lowest BCUT2D eigenvalue weighted by molar-refractivity contribution is -0.123. The molecule has 0 aliphatic heterocycles. The molecule has 2 aromatic heterocycles. The Hall–Kier alpha value is -3.02. The lowest BCUT2D eigenvalue weighted by Gasteiger charge is -2.07. The van der Waals surface area contributed by atoms with Crippen molar-refractivity contribution in [3.8, 4) is 17.0 Å². The summed E-state index contributed by atoms with van der Waals surface area (Å²) in [5, 5.41) is 2.78. The molecule has 0 bridgehead atoms. The molecule has 1 aromatic carbocycles. The van der Waals surface area contributed by atoms with E-state index in [4.69, 9.17) is 10.5 Å². The lowest BCUT2D eigenvalue weighted by Crippen LogP contribution is -2.29. The number of anilines is 1. The molecule has 0 radical (unpaired) electrons. The van der Waals surface area contributed by atoms with Crippen molar-refractivity contribution in [1.29, 1.82) is 0 Å². The summed E-state index contributed by atoms with van der Waals surface area (Å²) in [7, 11) is 0.